The molecular weight excluding hydrogens is 336 g/mol. The van der Waals surface area contributed by atoms with Crippen molar-refractivity contribution in [3.63, 3.8) is 0 Å². The van der Waals surface area contributed by atoms with Gasteiger partial charge in [-0.2, -0.15) is 0 Å². The largest absolute Gasteiger partial charge is 0.350 e. The highest BCUT2D eigenvalue weighted by molar-refractivity contribution is 6.30. The van der Waals surface area contributed by atoms with Crippen LogP contribution >= 0.6 is 11.6 Å². The Labute approximate surface area is 152 Å². The molecule has 0 fully saturated rings. The maximum Gasteiger partial charge on any atom is 0.253 e. The van der Waals surface area contributed by atoms with E-state index in [1.165, 1.54) is 6.08 Å². The first-order chi connectivity index (χ1) is 12.0. The van der Waals surface area contributed by atoms with Crippen LogP contribution in [0.5, 0.6) is 0 Å². The quantitative estimate of drug-likeness (QED) is 0.747. The van der Waals surface area contributed by atoms with Gasteiger partial charge in [-0.1, -0.05) is 42.8 Å². The minimum absolute atomic E-state index is 0.0704. The molecule has 0 aliphatic heterocycles. The second kappa shape index (κ2) is 9.04. The lowest BCUT2D eigenvalue weighted by Crippen LogP contribution is -2.32. The van der Waals surface area contributed by atoms with E-state index in [2.05, 4.69) is 10.6 Å². The van der Waals surface area contributed by atoms with Gasteiger partial charge in [-0.05, 0) is 49.2 Å². The van der Waals surface area contributed by atoms with Crippen molar-refractivity contribution in [1.82, 2.24) is 5.32 Å². The highest BCUT2D eigenvalue weighted by atomic mass is 35.5. The average Bonchev–Trinajstić information content (AvgIpc) is 2.61. The van der Waals surface area contributed by atoms with Crippen molar-refractivity contribution in [2.45, 2.75) is 26.3 Å². The minimum Gasteiger partial charge on any atom is -0.350 e. The molecule has 2 aromatic rings. The lowest BCUT2D eigenvalue weighted by atomic mass is 10.1. The lowest BCUT2D eigenvalue weighted by Gasteiger charge is -2.14. The van der Waals surface area contributed by atoms with Gasteiger partial charge in [-0.25, -0.2) is 0 Å². The van der Waals surface area contributed by atoms with Gasteiger partial charge in [0.1, 0.15) is 0 Å². The predicted octanol–water partition coefficient (Wildman–Crippen LogP) is 4.52. The number of carbonyl (C=O) groups excluding carboxylic acids is 2. The molecule has 2 N–H and O–H groups in total. The second-order valence-corrected chi connectivity index (χ2v) is 6.14. The van der Waals surface area contributed by atoms with E-state index in [1.807, 2.05) is 26.0 Å². The number of carbonyl (C=O) groups is 2. The number of hydrogen-bond donors (Lipinski definition) is 2. The van der Waals surface area contributed by atoms with Crippen LogP contribution in [0.4, 0.5) is 5.69 Å². The molecule has 0 radical (unpaired) electrons. The molecule has 130 valence electrons. The minimum atomic E-state index is -0.307. The van der Waals surface area contributed by atoms with E-state index < -0.39 is 0 Å². The molecule has 2 rings (SSSR count). The predicted molar refractivity (Wildman–Crippen MR) is 103 cm³/mol. The van der Waals surface area contributed by atoms with Gasteiger partial charge in [0.25, 0.3) is 5.91 Å². The van der Waals surface area contributed by atoms with Gasteiger partial charge >= 0.3 is 0 Å². The molecule has 2 amide bonds. The molecule has 4 nitrogen and oxygen atoms in total. The monoisotopic (exact) mass is 356 g/mol. The van der Waals surface area contributed by atoms with Gasteiger partial charge in [-0.3, -0.25) is 9.59 Å². The van der Waals surface area contributed by atoms with Crippen LogP contribution in [0.15, 0.2) is 54.6 Å². The second-order valence-electron chi connectivity index (χ2n) is 5.70. The molecule has 0 aromatic heterocycles. The van der Waals surface area contributed by atoms with Gasteiger partial charge in [0.2, 0.25) is 5.91 Å². The first kappa shape index (κ1) is 18.7. The number of hydrogen-bond acceptors (Lipinski definition) is 2. The lowest BCUT2D eigenvalue weighted by molar-refractivity contribution is -0.111. The van der Waals surface area contributed by atoms with Crippen molar-refractivity contribution in [2.24, 2.45) is 0 Å². The zero-order chi connectivity index (χ0) is 18.2. The van der Waals surface area contributed by atoms with Crippen LogP contribution in [0.3, 0.4) is 0 Å². The topological polar surface area (TPSA) is 58.2 Å². The van der Waals surface area contributed by atoms with Crippen molar-refractivity contribution in [3.05, 3.63) is 70.8 Å². The summed E-state index contributed by atoms with van der Waals surface area (Å²) in [4.78, 5) is 24.5. The maximum atomic E-state index is 12.3. The summed E-state index contributed by atoms with van der Waals surface area (Å²) < 4.78 is 0. The number of halogens is 1. The normalized spacial score (nSPS) is 12.0. The van der Waals surface area contributed by atoms with Crippen molar-refractivity contribution in [2.75, 3.05) is 5.32 Å². The van der Waals surface area contributed by atoms with Crippen LogP contribution in [0.25, 0.3) is 6.08 Å². The van der Waals surface area contributed by atoms with Crippen molar-refractivity contribution in [1.29, 1.82) is 0 Å². The first-order valence-electron chi connectivity index (χ1n) is 8.14. The summed E-state index contributed by atoms with van der Waals surface area (Å²) in [6.45, 7) is 3.94. The summed E-state index contributed by atoms with van der Waals surface area (Å²) in [6.07, 6.45) is 3.95. The fraction of sp³-hybridized carbons (Fsp3) is 0.200. The third kappa shape index (κ3) is 5.76. The SMILES string of the molecule is CC[C@H](C)NC(=O)c1ccccc1NC(=O)/C=C/c1ccc(Cl)cc1. The van der Waals surface area contributed by atoms with Gasteiger partial charge < -0.3 is 10.6 Å². The number of anilines is 1. The van der Waals surface area contributed by atoms with E-state index in [0.29, 0.717) is 16.3 Å². The molecule has 0 saturated carbocycles. The zero-order valence-corrected chi connectivity index (χ0v) is 15.0. The third-order valence-corrected chi connectivity index (χ3v) is 3.97. The Balaban J connectivity index is 2.08. The third-order valence-electron chi connectivity index (χ3n) is 3.72. The maximum absolute atomic E-state index is 12.3. The molecule has 0 spiro atoms. The first-order valence-corrected chi connectivity index (χ1v) is 8.52. The molecule has 0 aliphatic rings. The average molecular weight is 357 g/mol. The van der Waals surface area contributed by atoms with E-state index >= 15 is 0 Å². The van der Waals surface area contributed by atoms with E-state index in [9.17, 15) is 9.59 Å². The highest BCUT2D eigenvalue weighted by Crippen LogP contribution is 2.16. The molecule has 5 heteroatoms. The summed E-state index contributed by atoms with van der Waals surface area (Å²) in [6, 6.07) is 14.2. The Morgan fingerprint density at radius 3 is 2.48 bits per heavy atom. The van der Waals surface area contributed by atoms with Crippen LogP contribution in [-0.4, -0.2) is 17.9 Å². The Kier molecular flexibility index (Phi) is 6.78. The fourth-order valence-electron chi connectivity index (χ4n) is 2.11. The van der Waals surface area contributed by atoms with Gasteiger partial charge in [0.05, 0.1) is 11.3 Å². The Morgan fingerprint density at radius 2 is 1.80 bits per heavy atom. The molecule has 25 heavy (non-hydrogen) atoms. The van der Waals surface area contributed by atoms with Crippen molar-refractivity contribution < 1.29 is 9.59 Å². The van der Waals surface area contributed by atoms with E-state index in [1.54, 1.807) is 42.5 Å². The Bertz CT molecular complexity index is 770. The van der Waals surface area contributed by atoms with E-state index in [-0.39, 0.29) is 17.9 Å². The molecule has 0 unspecified atom stereocenters. The Hall–Kier alpha value is -2.59. The molecule has 0 bridgehead atoms. The van der Waals surface area contributed by atoms with Crippen molar-refractivity contribution in [3.8, 4) is 0 Å². The summed E-state index contributed by atoms with van der Waals surface area (Å²) in [7, 11) is 0. The van der Waals surface area contributed by atoms with E-state index in [0.717, 1.165) is 12.0 Å². The summed E-state index contributed by atoms with van der Waals surface area (Å²) in [5, 5.41) is 6.30. The fourth-order valence-corrected chi connectivity index (χ4v) is 2.24. The van der Waals surface area contributed by atoms with Crippen LogP contribution in [0.2, 0.25) is 5.02 Å². The van der Waals surface area contributed by atoms with Crippen LogP contribution in [0, 0.1) is 0 Å². The van der Waals surface area contributed by atoms with Gasteiger partial charge in [0, 0.05) is 17.1 Å². The number of benzene rings is 2. The number of nitrogens with one attached hydrogen (secondary N) is 2. The molecule has 2 aromatic carbocycles. The molecular formula is C20H21ClN2O2. The zero-order valence-electron chi connectivity index (χ0n) is 14.3. The summed E-state index contributed by atoms with van der Waals surface area (Å²) in [5.74, 6) is -0.509. The van der Waals surface area contributed by atoms with Crippen LogP contribution in [-0.2, 0) is 4.79 Å². The molecule has 1 atom stereocenters. The standard InChI is InChI=1S/C20H21ClN2O2/c1-3-14(2)22-20(25)17-6-4-5-7-18(17)23-19(24)13-10-15-8-11-16(21)12-9-15/h4-14H,3H2,1-2H3,(H,22,25)(H,23,24)/b13-10+/t14-/m0/s1. The number of rotatable bonds is 6. The van der Waals surface area contributed by atoms with Crippen molar-refractivity contribution >= 4 is 35.2 Å². The van der Waals surface area contributed by atoms with Gasteiger partial charge in [0.15, 0.2) is 0 Å². The number of amides is 2. The van der Waals surface area contributed by atoms with Crippen LogP contribution < -0.4 is 10.6 Å². The number of para-hydroxylation sites is 1. The molecule has 0 saturated heterocycles. The van der Waals surface area contributed by atoms with E-state index in [4.69, 9.17) is 11.6 Å². The highest BCUT2D eigenvalue weighted by Gasteiger charge is 2.13. The molecule has 0 heterocycles. The summed E-state index contributed by atoms with van der Waals surface area (Å²) in [5.41, 5.74) is 1.78. The summed E-state index contributed by atoms with van der Waals surface area (Å²) >= 11 is 5.83. The molecule has 0 aliphatic carbocycles. The smallest absolute Gasteiger partial charge is 0.253 e. The van der Waals surface area contributed by atoms with Gasteiger partial charge in [-0.15, -0.1) is 0 Å². The Morgan fingerprint density at radius 1 is 1.12 bits per heavy atom. The van der Waals surface area contributed by atoms with Crippen LogP contribution in [0.1, 0.15) is 36.2 Å².